The number of nitrogens with one attached hydrogen (secondary N) is 1. The predicted octanol–water partition coefficient (Wildman–Crippen LogP) is 4.07. The van der Waals surface area contributed by atoms with E-state index < -0.39 is 0 Å². The first-order valence-corrected chi connectivity index (χ1v) is 8.21. The Morgan fingerprint density at radius 3 is 2.95 bits per heavy atom. The number of rotatable bonds is 2. The first-order chi connectivity index (χ1) is 9.10. The zero-order chi connectivity index (χ0) is 13.5. The molecule has 4 heteroatoms. The van der Waals surface area contributed by atoms with Crippen LogP contribution in [0.3, 0.4) is 0 Å². The van der Waals surface area contributed by atoms with E-state index in [1.54, 1.807) is 0 Å². The van der Waals surface area contributed by atoms with Crippen molar-refractivity contribution in [1.82, 2.24) is 5.32 Å². The highest BCUT2D eigenvalue weighted by molar-refractivity contribution is 9.10. The summed E-state index contributed by atoms with van der Waals surface area (Å²) in [6, 6.07) is 6.13. The first kappa shape index (κ1) is 13.7. The fourth-order valence-electron chi connectivity index (χ4n) is 3.11. The molecule has 1 unspecified atom stereocenters. The lowest BCUT2D eigenvalue weighted by molar-refractivity contribution is 0.331. The van der Waals surface area contributed by atoms with Crippen LogP contribution >= 0.6 is 27.5 Å². The Hall–Kier alpha value is -0.250. The number of anilines is 1. The van der Waals surface area contributed by atoms with Crippen molar-refractivity contribution in [2.24, 2.45) is 5.92 Å². The molecule has 2 fully saturated rings. The maximum atomic E-state index is 6.23. The lowest BCUT2D eigenvalue weighted by atomic mass is 9.95. The van der Waals surface area contributed by atoms with Gasteiger partial charge in [0.25, 0.3) is 0 Å². The quantitative estimate of drug-likeness (QED) is 0.871. The average Bonchev–Trinajstić information content (AvgIpc) is 3.20. The molecule has 0 radical (unpaired) electrons. The van der Waals surface area contributed by atoms with Crippen LogP contribution in [0.5, 0.6) is 0 Å². The van der Waals surface area contributed by atoms with E-state index in [1.165, 1.54) is 24.9 Å². The molecule has 2 nitrogen and oxygen atoms in total. The van der Waals surface area contributed by atoms with E-state index in [2.05, 4.69) is 39.1 Å². The Labute approximate surface area is 128 Å². The predicted molar refractivity (Wildman–Crippen MR) is 85.1 cm³/mol. The lowest BCUT2D eigenvalue weighted by Gasteiger charge is -2.35. The smallest absolute Gasteiger partial charge is 0.0595 e. The number of hydrogen-bond donors (Lipinski definition) is 1. The second-order valence-corrected chi connectivity index (χ2v) is 7.17. The first-order valence-electron chi connectivity index (χ1n) is 7.04. The van der Waals surface area contributed by atoms with Crippen molar-refractivity contribution >= 4 is 33.2 Å². The zero-order valence-electron chi connectivity index (χ0n) is 11.3. The zero-order valence-corrected chi connectivity index (χ0v) is 13.6. The molecule has 1 aromatic rings. The molecule has 104 valence electrons. The highest BCUT2D eigenvalue weighted by Gasteiger charge is 2.43. The third kappa shape index (κ3) is 2.79. The second kappa shape index (κ2) is 5.27. The molecule has 1 saturated heterocycles. The summed E-state index contributed by atoms with van der Waals surface area (Å²) < 4.78 is 1.02. The van der Waals surface area contributed by atoms with Gasteiger partial charge in [-0.15, -0.1) is 0 Å². The molecule has 0 amide bonds. The molecule has 1 aliphatic carbocycles. The van der Waals surface area contributed by atoms with Crippen molar-refractivity contribution in [3.63, 3.8) is 0 Å². The molecule has 19 heavy (non-hydrogen) atoms. The van der Waals surface area contributed by atoms with Gasteiger partial charge in [0.1, 0.15) is 0 Å². The fraction of sp³-hybridized carbons (Fsp3) is 0.600. The molecule has 1 saturated carbocycles. The summed E-state index contributed by atoms with van der Waals surface area (Å²) in [7, 11) is 0. The largest absolute Gasteiger partial charge is 0.369 e. The molecule has 0 bridgehead atoms. The summed E-state index contributed by atoms with van der Waals surface area (Å²) in [5.41, 5.74) is 1.47. The highest BCUT2D eigenvalue weighted by atomic mass is 79.9. The maximum Gasteiger partial charge on any atom is 0.0595 e. The number of halogens is 2. The standard InChI is InChI=1S/C15H20BrClN2/c1-15(11-6-7-11)10-19(9-3-8-18-15)13-5-2-4-12(17)14(13)16/h2,4-5,11,18H,3,6-10H2,1H3. The van der Waals surface area contributed by atoms with Gasteiger partial charge in [-0.2, -0.15) is 0 Å². The van der Waals surface area contributed by atoms with Gasteiger partial charge in [-0.05, 0) is 66.7 Å². The molecule has 0 spiro atoms. The van der Waals surface area contributed by atoms with Crippen LogP contribution in [0.15, 0.2) is 22.7 Å². The van der Waals surface area contributed by atoms with Crippen LogP contribution in [0.1, 0.15) is 26.2 Å². The van der Waals surface area contributed by atoms with Gasteiger partial charge in [0.05, 0.1) is 15.2 Å². The minimum absolute atomic E-state index is 0.248. The summed E-state index contributed by atoms with van der Waals surface area (Å²) in [6.45, 7) is 5.65. The molecule has 3 rings (SSSR count). The van der Waals surface area contributed by atoms with Crippen molar-refractivity contribution in [3.8, 4) is 0 Å². The van der Waals surface area contributed by atoms with Crippen LogP contribution < -0.4 is 10.2 Å². The van der Waals surface area contributed by atoms with Crippen LogP contribution in [0.25, 0.3) is 0 Å². The summed E-state index contributed by atoms with van der Waals surface area (Å²) in [6.07, 6.45) is 3.92. The van der Waals surface area contributed by atoms with E-state index >= 15 is 0 Å². The molecule has 0 aromatic heterocycles. The van der Waals surface area contributed by atoms with Gasteiger partial charge < -0.3 is 10.2 Å². The molecule has 1 aromatic carbocycles. The van der Waals surface area contributed by atoms with Gasteiger partial charge in [-0.25, -0.2) is 0 Å². The number of benzene rings is 1. The van der Waals surface area contributed by atoms with E-state index in [1.807, 2.05) is 12.1 Å². The van der Waals surface area contributed by atoms with E-state index in [0.717, 1.165) is 35.0 Å². The van der Waals surface area contributed by atoms with Crippen molar-refractivity contribution < 1.29 is 0 Å². The summed E-state index contributed by atoms with van der Waals surface area (Å²) >= 11 is 9.87. The third-order valence-corrected chi connectivity index (χ3v) is 5.78. The van der Waals surface area contributed by atoms with Crippen LogP contribution in [0.2, 0.25) is 5.02 Å². The van der Waals surface area contributed by atoms with Gasteiger partial charge in [-0.3, -0.25) is 0 Å². The van der Waals surface area contributed by atoms with Gasteiger partial charge >= 0.3 is 0 Å². The summed E-state index contributed by atoms with van der Waals surface area (Å²) in [5, 5.41) is 4.56. The Balaban J connectivity index is 1.88. The average molecular weight is 344 g/mol. The van der Waals surface area contributed by atoms with Crippen molar-refractivity contribution in [2.75, 3.05) is 24.5 Å². The molecule has 1 N–H and O–H groups in total. The normalized spacial score (nSPS) is 28.3. The number of hydrogen-bond acceptors (Lipinski definition) is 2. The van der Waals surface area contributed by atoms with Crippen molar-refractivity contribution in [2.45, 2.75) is 31.7 Å². The van der Waals surface area contributed by atoms with Crippen LogP contribution in [-0.4, -0.2) is 25.2 Å². The molecular weight excluding hydrogens is 324 g/mol. The van der Waals surface area contributed by atoms with Crippen LogP contribution in [0.4, 0.5) is 5.69 Å². The fourth-order valence-corrected chi connectivity index (χ4v) is 3.80. The van der Waals surface area contributed by atoms with Crippen LogP contribution in [-0.2, 0) is 0 Å². The topological polar surface area (TPSA) is 15.3 Å². The maximum absolute atomic E-state index is 6.23. The summed E-state index contributed by atoms with van der Waals surface area (Å²) in [4.78, 5) is 2.48. The Morgan fingerprint density at radius 2 is 2.21 bits per heavy atom. The van der Waals surface area contributed by atoms with E-state index in [-0.39, 0.29) is 5.54 Å². The Kier molecular flexibility index (Phi) is 3.80. The Bertz CT molecular complexity index is 475. The van der Waals surface area contributed by atoms with Gasteiger partial charge in [0.2, 0.25) is 0 Å². The molecular formula is C15H20BrClN2. The minimum atomic E-state index is 0.248. The van der Waals surface area contributed by atoms with Gasteiger partial charge in [0.15, 0.2) is 0 Å². The monoisotopic (exact) mass is 342 g/mol. The van der Waals surface area contributed by atoms with Crippen molar-refractivity contribution in [1.29, 1.82) is 0 Å². The van der Waals surface area contributed by atoms with Crippen molar-refractivity contribution in [3.05, 3.63) is 27.7 Å². The Morgan fingerprint density at radius 1 is 1.42 bits per heavy atom. The van der Waals surface area contributed by atoms with Gasteiger partial charge in [-0.1, -0.05) is 17.7 Å². The second-order valence-electron chi connectivity index (χ2n) is 5.97. The summed E-state index contributed by atoms with van der Waals surface area (Å²) in [5.74, 6) is 0.839. The third-order valence-electron chi connectivity index (χ3n) is 4.40. The molecule has 2 aliphatic rings. The van der Waals surface area contributed by atoms with E-state index in [4.69, 9.17) is 11.6 Å². The van der Waals surface area contributed by atoms with Gasteiger partial charge in [0, 0.05) is 18.6 Å². The van der Waals surface area contributed by atoms with E-state index in [0.29, 0.717) is 0 Å². The van der Waals surface area contributed by atoms with E-state index in [9.17, 15) is 0 Å². The minimum Gasteiger partial charge on any atom is -0.369 e. The van der Waals surface area contributed by atoms with Crippen LogP contribution in [0, 0.1) is 5.92 Å². The molecule has 1 aliphatic heterocycles. The molecule has 1 atom stereocenters. The number of nitrogens with zero attached hydrogens (tertiary/aromatic N) is 1. The highest BCUT2D eigenvalue weighted by Crippen LogP contribution is 2.42. The lowest BCUT2D eigenvalue weighted by Crippen LogP contribution is -2.51. The SMILES string of the molecule is CC1(C2CC2)CN(c2cccc(Cl)c2Br)CCCN1. The molecule has 1 heterocycles.